The van der Waals surface area contributed by atoms with Crippen molar-refractivity contribution >= 4 is 38.9 Å². The van der Waals surface area contributed by atoms with E-state index in [2.05, 4.69) is 14.8 Å². The highest BCUT2D eigenvalue weighted by molar-refractivity contribution is 6.18. The highest BCUT2D eigenvalue weighted by atomic mass is 16.5. The van der Waals surface area contributed by atoms with Gasteiger partial charge in [0.15, 0.2) is 0 Å². The molecule has 0 radical (unpaired) electrons. The van der Waals surface area contributed by atoms with Gasteiger partial charge in [0.2, 0.25) is 0 Å². The topological polar surface area (TPSA) is 90.5 Å². The van der Waals surface area contributed by atoms with Crippen molar-refractivity contribution < 1.29 is 9.53 Å². The van der Waals surface area contributed by atoms with Crippen LogP contribution in [0.2, 0.25) is 0 Å². The number of anilines is 1. The number of rotatable bonds is 6. The third-order valence-corrected chi connectivity index (χ3v) is 6.29. The van der Waals surface area contributed by atoms with Crippen molar-refractivity contribution in [3.05, 3.63) is 113 Å². The maximum absolute atomic E-state index is 13.4. The van der Waals surface area contributed by atoms with Gasteiger partial charge >= 0.3 is 0 Å². The molecule has 0 spiro atoms. The molecule has 6 aromatic rings. The van der Waals surface area contributed by atoms with Crippen molar-refractivity contribution in [2.45, 2.75) is 13.5 Å². The Balaban J connectivity index is 1.36. The molecule has 0 fully saturated rings. The summed E-state index contributed by atoms with van der Waals surface area (Å²) in [5.74, 6) is 1.11. The summed E-state index contributed by atoms with van der Waals surface area (Å²) < 4.78 is 9.00. The lowest BCUT2D eigenvalue weighted by Crippen LogP contribution is -2.28. The number of ether oxygens (including phenoxy) is 1. The maximum Gasteiger partial charge on any atom is 0.276 e. The van der Waals surface area contributed by atoms with E-state index in [0.717, 1.165) is 33.1 Å². The lowest BCUT2D eigenvalue weighted by Gasteiger charge is -2.10. The Morgan fingerprint density at radius 3 is 2.46 bits per heavy atom. The Hall–Kier alpha value is -4.98. The minimum Gasteiger partial charge on any atom is -0.492 e. The highest BCUT2D eigenvalue weighted by Crippen LogP contribution is 2.36. The number of amides is 1. The molecule has 1 N–H and O–H groups in total. The van der Waals surface area contributed by atoms with Gasteiger partial charge in [-0.2, -0.15) is 5.10 Å². The molecule has 0 bridgehead atoms. The van der Waals surface area contributed by atoms with Crippen LogP contribution in [0.5, 0.6) is 5.75 Å². The predicted octanol–water partition coefficient (Wildman–Crippen LogP) is 4.84. The molecule has 6 rings (SSSR count). The van der Waals surface area contributed by atoms with Crippen LogP contribution in [0, 0.1) is 6.92 Å². The number of benzene rings is 3. The van der Waals surface area contributed by atoms with Crippen molar-refractivity contribution in [3.63, 3.8) is 0 Å². The maximum atomic E-state index is 13.4. The number of aryl methyl sites for hydroxylation is 1. The molecule has 8 heteroatoms. The van der Waals surface area contributed by atoms with E-state index >= 15 is 0 Å². The summed E-state index contributed by atoms with van der Waals surface area (Å²) in [6, 6.07) is 27.9. The van der Waals surface area contributed by atoms with E-state index in [1.807, 2.05) is 85.8 Å². The van der Waals surface area contributed by atoms with Gasteiger partial charge in [-0.1, -0.05) is 54.6 Å². The van der Waals surface area contributed by atoms with Gasteiger partial charge in [0.05, 0.1) is 28.8 Å². The van der Waals surface area contributed by atoms with Crippen LogP contribution in [-0.4, -0.2) is 31.7 Å². The quantitative estimate of drug-likeness (QED) is 0.362. The summed E-state index contributed by atoms with van der Waals surface area (Å²) >= 11 is 0. The molecule has 182 valence electrons. The van der Waals surface area contributed by atoms with Crippen LogP contribution in [0.15, 0.2) is 95.8 Å². The summed E-state index contributed by atoms with van der Waals surface area (Å²) in [5.41, 5.74) is 3.16. The highest BCUT2D eigenvalue weighted by Gasteiger charge is 2.20. The van der Waals surface area contributed by atoms with Gasteiger partial charge in [-0.25, -0.2) is 9.67 Å². The summed E-state index contributed by atoms with van der Waals surface area (Å²) in [6.07, 6.45) is 0. The van der Waals surface area contributed by atoms with Crippen LogP contribution in [0.25, 0.3) is 27.3 Å². The average molecular weight is 490 g/mol. The SMILES string of the molecule is Cc1nc2ccccc2c2c(NC(=O)c3ccc(=O)n(CCOc4ccccc4)n3)c3ccccc3n12. The molecule has 3 aromatic carbocycles. The van der Waals surface area contributed by atoms with Crippen molar-refractivity contribution in [2.24, 2.45) is 0 Å². The number of carbonyl (C=O) groups excluding carboxylic acids is 1. The second kappa shape index (κ2) is 9.23. The third-order valence-electron chi connectivity index (χ3n) is 6.29. The van der Waals surface area contributed by atoms with Crippen LogP contribution in [0.4, 0.5) is 5.69 Å². The molecule has 1 amide bonds. The van der Waals surface area contributed by atoms with Crippen LogP contribution >= 0.6 is 0 Å². The zero-order valence-electron chi connectivity index (χ0n) is 20.1. The van der Waals surface area contributed by atoms with Crippen LogP contribution < -0.4 is 15.6 Å². The lowest BCUT2D eigenvalue weighted by atomic mass is 10.1. The van der Waals surface area contributed by atoms with Crippen molar-refractivity contribution in [1.82, 2.24) is 19.2 Å². The number of para-hydroxylation sites is 3. The van der Waals surface area contributed by atoms with Gasteiger partial charge in [0, 0.05) is 16.8 Å². The number of hydrogen-bond donors (Lipinski definition) is 1. The zero-order valence-corrected chi connectivity index (χ0v) is 20.1. The Morgan fingerprint density at radius 1 is 0.892 bits per heavy atom. The van der Waals surface area contributed by atoms with Crippen LogP contribution in [0.1, 0.15) is 16.3 Å². The molecule has 0 aliphatic rings. The summed E-state index contributed by atoms with van der Waals surface area (Å²) in [5, 5.41) is 9.21. The van der Waals surface area contributed by atoms with Crippen LogP contribution in [0.3, 0.4) is 0 Å². The van der Waals surface area contributed by atoms with E-state index in [4.69, 9.17) is 9.72 Å². The Morgan fingerprint density at radius 2 is 1.62 bits per heavy atom. The second-order valence-electron chi connectivity index (χ2n) is 8.65. The van der Waals surface area contributed by atoms with Gasteiger partial charge in [-0.15, -0.1) is 0 Å². The molecular formula is C29H23N5O3. The molecule has 37 heavy (non-hydrogen) atoms. The number of carbonyl (C=O) groups is 1. The van der Waals surface area contributed by atoms with Crippen LogP contribution in [-0.2, 0) is 6.54 Å². The van der Waals surface area contributed by atoms with Crippen molar-refractivity contribution in [2.75, 3.05) is 11.9 Å². The van der Waals surface area contributed by atoms with Crippen molar-refractivity contribution in [3.8, 4) is 5.75 Å². The lowest BCUT2D eigenvalue weighted by molar-refractivity contribution is 0.101. The summed E-state index contributed by atoms with van der Waals surface area (Å²) in [4.78, 5) is 30.6. The molecule has 0 saturated heterocycles. The van der Waals surface area contributed by atoms with E-state index in [9.17, 15) is 9.59 Å². The standard InChI is InChI=1S/C29H23N5O3/c1-19-30-23-13-7-5-11-21(23)28-27(22-12-6-8-14-25(22)34(19)28)31-29(36)24-15-16-26(35)33(32-24)17-18-37-20-9-3-2-4-10-20/h2-16H,17-18H2,1H3,(H,31,36). The number of fused-ring (bicyclic) bond motifs is 5. The first-order chi connectivity index (χ1) is 18.1. The largest absolute Gasteiger partial charge is 0.492 e. The van der Waals surface area contributed by atoms with Gasteiger partial charge in [-0.05, 0) is 37.3 Å². The molecule has 8 nitrogen and oxygen atoms in total. The number of nitrogens with zero attached hydrogens (tertiary/aromatic N) is 4. The third kappa shape index (κ3) is 4.08. The Kier molecular flexibility index (Phi) is 5.61. The fraction of sp³-hybridized carbons (Fsp3) is 0.103. The first kappa shape index (κ1) is 22.5. The number of aromatic nitrogens is 4. The van der Waals surface area contributed by atoms with Gasteiger partial charge in [-0.3, -0.25) is 14.0 Å². The minimum absolute atomic E-state index is 0.137. The fourth-order valence-electron chi connectivity index (χ4n) is 4.63. The second-order valence-corrected chi connectivity index (χ2v) is 8.65. The van der Waals surface area contributed by atoms with E-state index < -0.39 is 5.91 Å². The smallest absolute Gasteiger partial charge is 0.276 e. The molecular weight excluding hydrogens is 466 g/mol. The first-order valence-corrected chi connectivity index (χ1v) is 12.0. The van der Waals surface area contributed by atoms with E-state index in [1.54, 1.807) is 0 Å². The van der Waals surface area contributed by atoms with Gasteiger partial charge < -0.3 is 10.1 Å². The zero-order chi connectivity index (χ0) is 25.4. The first-order valence-electron chi connectivity index (χ1n) is 12.0. The molecule has 3 aromatic heterocycles. The van der Waals surface area contributed by atoms with E-state index in [1.165, 1.54) is 16.8 Å². The molecule has 0 aliphatic carbocycles. The van der Waals surface area contributed by atoms with Gasteiger partial charge in [0.1, 0.15) is 23.9 Å². The summed E-state index contributed by atoms with van der Waals surface area (Å²) in [7, 11) is 0. The Bertz CT molecular complexity index is 1840. The molecule has 0 atom stereocenters. The molecule has 0 aliphatic heterocycles. The molecule has 0 unspecified atom stereocenters. The molecule has 3 heterocycles. The minimum atomic E-state index is -0.408. The average Bonchev–Trinajstić information content (AvgIpc) is 3.25. The normalized spacial score (nSPS) is 11.3. The summed E-state index contributed by atoms with van der Waals surface area (Å²) in [6.45, 7) is 2.41. The number of nitrogens with one attached hydrogen (secondary N) is 1. The van der Waals surface area contributed by atoms with E-state index in [0.29, 0.717) is 11.4 Å². The molecule has 0 saturated carbocycles. The van der Waals surface area contributed by atoms with Gasteiger partial charge in [0.25, 0.3) is 11.5 Å². The fourth-order valence-corrected chi connectivity index (χ4v) is 4.63. The Labute approximate surface area is 211 Å². The predicted molar refractivity (Wildman–Crippen MR) is 143 cm³/mol. The van der Waals surface area contributed by atoms with Crippen molar-refractivity contribution in [1.29, 1.82) is 0 Å². The van der Waals surface area contributed by atoms with E-state index in [-0.39, 0.29) is 24.4 Å². The monoisotopic (exact) mass is 489 g/mol. The number of hydrogen-bond acceptors (Lipinski definition) is 5.